The number of nitrogens with zero attached hydrogens (tertiary/aromatic N) is 1. The van der Waals surface area contributed by atoms with Gasteiger partial charge in [-0.05, 0) is 35.4 Å². The number of benzene rings is 4. The molecule has 1 heterocycles. The van der Waals surface area contributed by atoms with Gasteiger partial charge in [-0.1, -0.05) is 72.8 Å². The van der Waals surface area contributed by atoms with E-state index >= 15 is 0 Å². The van der Waals surface area contributed by atoms with Crippen LogP contribution in [-0.4, -0.2) is 4.57 Å². The fourth-order valence-corrected chi connectivity index (χ4v) is 3.75. The lowest BCUT2D eigenvalue weighted by Crippen LogP contribution is -1.96. The summed E-state index contributed by atoms with van der Waals surface area (Å²) in [6.45, 7) is 0. The highest BCUT2D eigenvalue weighted by atomic mass is 15.0. The molecule has 2 nitrogen and oxygen atoms in total. The maximum absolute atomic E-state index is 6.39. The van der Waals surface area contributed by atoms with Gasteiger partial charge in [0.25, 0.3) is 0 Å². The Morgan fingerprint density at radius 2 is 1.31 bits per heavy atom. The van der Waals surface area contributed by atoms with Crippen LogP contribution in [0.25, 0.3) is 38.6 Å². The minimum absolute atomic E-state index is 0.795. The summed E-state index contributed by atoms with van der Waals surface area (Å²) in [5, 5.41) is 2.40. The molecule has 0 saturated carbocycles. The molecule has 0 saturated heterocycles. The van der Waals surface area contributed by atoms with Crippen LogP contribution in [0.2, 0.25) is 0 Å². The van der Waals surface area contributed by atoms with Crippen LogP contribution in [0.1, 0.15) is 0 Å². The molecule has 0 fully saturated rings. The standard InChI is InChI=1S/C24H18N2/c25-22-13-7-12-21-20-15-14-18(17-8-3-1-4-9-17)16-23(20)26(24(21)22)19-10-5-2-6-11-19/h1-16H,25H2. The van der Waals surface area contributed by atoms with Crippen LogP contribution in [0.3, 0.4) is 0 Å². The van der Waals surface area contributed by atoms with Gasteiger partial charge in [0.2, 0.25) is 0 Å². The van der Waals surface area contributed by atoms with Gasteiger partial charge >= 0.3 is 0 Å². The van der Waals surface area contributed by atoms with E-state index < -0.39 is 0 Å². The second kappa shape index (κ2) is 5.78. The first-order valence-electron chi connectivity index (χ1n) is 8.76. The molecule has 0 unspecified atom stereocenters. The minimum Gasteiger partial charge on any atom is -0.397 e. The third-order valence-electron chi connectivity index (χ3n) is 4.94. The van der Waals surface area contributed by atoms with Crippen molar-refractivity contribution < 1.29 is 0 Å². The Hall–Kier alpha value is -3.52. The number of aromatic nitrogens is 1. The van der Waals surface area contributed by atoms with Crippen molar-refractivity contribution in [2.24, 2.45) is 0 Å². The number of para-hydroxylation sites is 2. The van der Waals surface area contributed by atoms with Crippen molar-refractivity contribution in [3.63, 3.8) is 0 Å². The van der Waals surface area contributed by atoms with Crippen molar-refractivity contribution in [1.82, 2.24) is 4.57 Å². The predicted octanol–water partition coefficient (Wildman–Crippen LogP) is 6.03. The zero-order valence-corrected chi connectivity index (χ0v) is 14.3. The van der Waals surface area contributed by atoms with Crippen molar-refractivity contribution in [1.29, 1.82) is 0 Å². The van der Waals surface area contributed by atoms with Crippen molar-refractivity contribution >= 4 is 27.5 Å². The summed E-state index contributed by atoms with van der Waals surface area (Å²) in [5.74, 6) is 0. The molecule has 0 aliphatic heterocycles. The topological polar surface area (TPSA) is 30.9 Å². The van der Waals surface area contributed by atoms with Gasteiger partial charge < -0.3 is 10.3 Å². The zero-order valence-electron chi connectivity index (χ0n) is 14.3. The average Bonchev–Trinajstić information content (AvgIpc) is 3.04. The van der Waals surface area contributed by atoms with Gasteiger partial charge in [-0.25, -0.2) is 0 Å². The molecule has 0 aliphatic rings. The zero-order chi connectivity index (χ0) is 17.5. The Bertz CT molecular complexity index is 1220. The second-order valence-corrected chi connectivity index (χ2v) is 6.51. The lowest BCUT2D eigenvalue weighted by molar-refractivity contribution is 1.18. The van der Waals surface area contributed by atoms with Crippen LogP contribution < -0.4 is 5.73 Å². The highest BCUT2D eigenvalue weighted by molar-refractivity contribution is 6.13. The molecule has 0 bridgehead atoms. The number of nitrogens with two attached hydrogens (primary N) is 1. The number of nitrogen functional groups attached to an aromatic ring is 1. The summed E-state index contributed by atoms with van der Waals surface area (Å²) >= 11 is 0. The van der Waals surface area contributed by atoms with E-state index in [0.29, 0.717) is 0 Å². The monoisotopic (exact) mass is 334 g/mol. The van der Waals surface area contributed by atoms with E-state index in [1.807, 2.05) is 24.3 Å². The van der Waals surface area contributed by atoms with Crippen molar-refractivity contribution in [3.8, 4) is 16.8 Å². The molecule has 0 spiro atoms. The van der Waals surface area contributed by atoms with Crippen LogP contribution in [0, 0.1) is 0 Å². The van der Waals surface area contributed by atoms with Gasteiger partial charge in [0, 0.05) is 16.5 Å². The molecule has 2 N–H and O–H groups in total. The van der Waals surface area contributed by atoms with Gasteiger partial charge in [-0.3, -0.25) is 0 Å². The second-order valence-electron chi connectivity index (χ2n) is 6.51. The van der Waals surface area contributed by atoms with E-state index in [2.05, 4.69) is 77.4 Å². The van der Waals surface area contributed by atoms with Crippen LogP contribution in [0.5, 0.6) is 0 Å². The maximum Gasteiger partial charge on any atom is 0.0771 e. The molecule has 2 heteroatoms. The average molecular weight is 334 g/mol. The Kier molecular flexibility index (Phi) is 3.29. The molecular weight excluding hydrogens is 316 g/mol. The first-order chi connectivity index (χ1) is 12.8. The predicted molar refractivity (Wildman–Crippen MR) is 111 cm³/mol. The van der Waals surface area contributed by atoms with Gasteiger partial charge in [0.05, 0.1) is 16.7 Å². The van der Waals surface area contributed by atoms with Gasteiger partial charge in [0.15, 0.2) is 0 Å². The van der Waals surface area contributed by atoms with Crippen molar-refractivity contribution in [2.75, 3.05) is 5.73 Å². The molecule has 5 rings (SSSR count). The Morgan fingerprint density at radius 3 is 2.08 bits per heavy atom. The first kappa shape index (κ1) is 14.8. The highest BCUT2D eigenvalue weighted by Crippen LogP contribution is 2.36. The normalized spacial score (nSPS) is 11.2. The largest absolute Gasteiger partial charge is 0.397 e. The molecule has 1 aromatic heterocycles. The third kappa shape index (κ3) is 2.20. The maximum atomic E-state index is 6.39. The lowest BCUT2D eigenvalue weighted by Gasteiger charge is -2.10. The van der Waals surface area contributed by atoms with Crippen molar-refractivity contribution in [2.45, 2.75) is 0 Å². The summed E-state index contributed by atoms with van der Waals surface area (Å²) in [7, 11) is 0. The molecule has 26 heavy (non-hydrogen) atoms. The Morgan fingerprint density at radius 1 is 0.577 bits per heavy atom. The number of hydrogen-bond donors (Lipinski definition) is 1. The fourth-order valence-electron chi connectivity index (χ4n) is 3.75. The lowest BCUT2D eigenvalue weighted by atomic mass is 10.0. The van der Waals surface area contributed by atoms with Crippen LogP contribution in [0.4, 0.5) is 5.69 Å². The van der Waals surface area contributed by atoms with Gasteiger partial charge in [-0.15, -0.1) is 0 Å². The van der Waals surface area contributed by atoms with Gasteiger partial charge in [-0.2, -0.15) is 0 Å². The Balaban J connectivity index is 1.91. The summed E-state index contributed by atoms with van der Waals surface area (Å²) in [6.07, 6.45) is 0. The van der Waals surface area contributed by atoms with Crippen molar-refractivity contribution in [3.05, 3.63) is 97.1 Å². The van der Waals surface area contributed by atoms with E-state index in [4.69, 9.17) is 5.73 Å². The van der Waals surface area contributed by atoms with Crippen LogP contribution >= 0.6 is 0 Å². The molecule has 0 radical (unpaired) electrons. The van der Waals surface area contributed by atoms with E-state index in [1.54, 1.807) is 0 Å². The molecule has 4 aromatic carbocycles. The molecule has 0 atom stereocenters. The number of rotatable bonds is 2. The first-order valence-corrected chi connectivity index (χ1v) is 8.76. The summed E-state index contributed by atoms with van der Waals surface area (Å²) in [4.78, 5) is 0. The molecule has 0 aliphatic carbocycles. The number of hydrogen-bond acceptors (Lipinski definition) is 1. The SMILES string of the molecule is Nc1cccc2c3ccc(-c4ccccc4)cc3n(-c3ccccc3)c12. The molecule has 5 aromatic rings. The Labute approximate surface area is 152 Å². The molecule has 0 amide bonds. The van der Waals surface area contributed by atoms with Crippen LogP contribution in [0.15, 0.2) is 97.1 Å². The smallest absolute Gasteiger partial charge is 0.0771 e. The van der Waals surface area contributed by atoms with E-state index in [1.165, 1.54) is 27.4 Å². The van der Waals surface area contributed by atoms with Crippen LogP contribution in [-0.2, 0) is 0 Å². The number of anilines is 1. The van der Waals surface area contributed by atoms with Gasteiger partial charge in [0.1, 0.15) is 0 Å². The van der Waals surface area contributed by atoms with E-state index in [-0.39, 0.29) is 0 Å². The summed E-state index contributed by atoms with van der Waals surface area (Å²) < 4.78 is 2.27. The fraction of sp³-hybridized carbons (Fsp3) is 0. The number of fused-ring (bicyclic) bond motifs is 3. The molecular formula is C24H18N2. The quantitative estimate of drug-likeness (QED) is 0.392. The van der Waals surface area contributed by atoms with E-state index in [9.17, 15) is 0 Å². The summed E-state index contributed by atoms with van der Waals surface area (Å²) in [5.41, 5.74) is 13.0. The highest BCUT2D eigenvalue weighted by Gasteiger charge is 2.14. The summed E-state index contributed by atoms with van der Waals surface area (Å²) in [6, 6.07) is 33.7. The van der Waals surface area contributed by atoms with E-state index in [0.717, 1.165) is 16.9 Å². The molecule has 124 valence electrons. The third-order valence-corrected chi connectivity index (χ3v) is 4.94. The minimum atomic E-state index is 0.795.